The molecule has 3 rings (SSSR count). The first-order chi connectivity index (χ1) is 12.8. The molecule has 2 N–H and O–H groups in total. The van der Waals surface area contributed by atoms with E-state index in [1.165, 1.54) is 11.1 Å². The molecular formula is C22H23N3O. The molecule has 4 nitrogen and oxygen atoms in total. The summed E-state index contributed by atoms with van der Waals surface area (Å²) >= 11 is 0. The molecule has 0 aliphatic carbocycles. The van der Waals surface area contributed by atoms with Crippen molar-refractivity contribution >= 4 is 11.7 Å². The van der Waals surface area contributed by atoms with E-state index in [-0.39, 0.29) is 11.9 Å². The van der Waals surface area contributed by atoms with Gasteiger partial charge in [0.2, 0.25) is 0 Å². The molecule has 132 valence electrons. The lowest BCUT2D eigenvalue weighted by atomic mass is 9.99. The molecule has 1 atom stereocenters. The molecule has 0 aliphatic rings. The molecule has 0 spiro atoms. The number of anilines is 1. The number of hydrogen-bond acceptors (Lipinski definition) is 3. The SMILES string of the molecule is CCNC(=O)c1ccc(NC(Cc2ccccc2)c2ccccc2)nc1. The van der Waals surface area contributed by atoms with Crippen LogP contribution in [0, 0.1) is 0 Å². The fourth-order valence-corrected chi connectivity index (χ4v) is 2.84. The third-order valence-corrected chi connectivity index (χ3v) is 4.17. The lowest BCUT2D eigenvalue weighted by molar-refractivity contribution is 0.0955. The van der Waals surface area contributed by atoms with Crippen molar-refractivity contribution < 1.29 is 4.79 Å². The van der Waals surface area contributed by atoms with E-state index in [0.717, 1.165) is 12.2 Å². The van der Waals surface area contributed by atoms with Crippen LogP contribution in [0.4, 0.5) is 5.82 Å². The van der Waals surface area contributed by atoms with E-state index in [2.05, 4.69) is 52.0 Å². The molecule has 26 heavy (non-hydrogen) atoms. The highest BCUT2D eigenvalue weighted by atomic mass is 16.1. The Morgan fingerprint density at radius 1 is 0.962 bits per heavy atom. The van der Waals surface area contributed by atoms with E-state index in [9.17, 15) is 4.79 Å². The first-order valence-electron chi connectivity index (χ1n) is 8.86. The number of nitrogens with zero attached hydrogens (tertiary/aromatic N) is 1. The molecule has 0 radical (unpaired) electrons. The molecule has 1 unspecified atom stereocenters. The van der Waals surface area contributed by atoms with Gasteiger partial charge >= 0.3 is 0 Å². The van der Waals surface area contributed by atoms with Crippen LogP contribution in [0.1, 0.15) is 34.5 Å². The first-order valence-corrected chi connectivity index (χ1v) is 8.86. The Labute approximate surface area is 154 Å². The lowest BCUT2D eigenvalue weighted by Crippen LogP contribution is -2.22. The Morgan fingerprint density at radius 3 is 2.27 bits per heavy atom. The minimum atomic E-state index is -0.101. The number of hydrogen-bond donors (Lipinski definition) is 2. The summed E-state index contributed by atoms with van der Waals surface area (Å²) in [5.41, 5.74) is 3.02. The molecule has 2 aromatic carbocycles. The molecule has 0 saturated heterocycles. The van der Waals surface area contributed by atoms with Crippen molar-refractivity contribution in [3.63, 3.8) is 0 Å². The highest BCUT2D eigenvalue weighted by molar-refractivity contribution is 5.93. The number of pyridine rings is 1. The Balaban J connectivity index is 1.78. The van der Waals surface area contributed by atoms with Crippen LogP contribution < -0.4 is 10.6 Å². The van der Waals surface area contributed by atoms with E-state index in [4.69, 9.17) is 0 Å². The van der Waals surface area contributed by atoms with Gasteiger partial charge in [0.25, 0.3) is 5.91 Å². The predicted octanol–water partition coefficient (Wildman–Crippen LogP) is 4.23. The van der Waals surface area contributed by atoms with Gasteiger partial charge in [0.15, 0.2) is 0 Å². The summed E-state index contributed by atoms with van der Waals surface area (Å²) in [5.74, 6) is 0.651. The second-order valence-electron chi connectivity index (χ2n) is 6.09. The topological polar surface area (TPSA) is 54.0 Å². The normalized spacial score (nSPS) is 11.6. The standard InChI is InChI=1S/C22H23N3O/c1-2-23-22(26)19-13-14-21(24-16-19)25-20(18-11-7-4-8-12-18)15-17-9-5-3-6-10-17/h3-14,16,20H,2,15H2,1H3,(H,23,26)(H,24,25). The van der Waals surface area contributed by atoms with Crippen LogP contribution in [0.3, 0.4) is 0 Å². The van der Waals surface area contributed by atoms with Gasteiger partial charge < -0.3 is 10.6 Å². The molecule has 4 heteroatoms. The Kier molecular flexibility index (Phi) is 5.99. The van der Waals surface area contributed by atoms with Gasteiger partial charge in [-0.2, -0.15) is 0 Å². The number of amides is 1. The fourth-order valence-electron chi connectivity index (χ4n) is 2.84. The van der Waals surface area contributed by atoms with Crippen LogP contribution in [0.25, 0.3) is 0 Å². The number of carbonyl (C=O) groups is 1. The van der Waals surface area contributed by atoms with E-state index in [1.807, 2.05) is 37.3 Å². The van der Waals surface area contributed by atoms with Crippen molar-refractivity contribution in [1.82, 2.24) is 10.3 Å². The maximum absolute atomic E-state index is 11.9. The van der Waals surface area contributed by atoms with Crippen molar-refractivity contribution in [3.05, 3.63) is 95.7 Å². The molecule has 0 fully saturated rings. The number of aromatic nitrogens is 1. The second-order valence-corrected chi connectivity index (χ2v) is 6.09. The van der Waals surface area contributed by atoms with Gasteiger partial charge in [-0.1, -0.05) is 60.7 Å². The highest BCUT2D eigenvalue weighted by Gasteiger charge is 2.13. The summed E-state index contributed by atoms with van der Waals surface area (Å²) in [4.78, 5) is 16.3. The summed E-state index contributed by atoms with van der Waals surface area (Å²) in [5, 5.41) is 6.28. The largest absolute Gasteiger partial charge is 0.363 e. The van der Waals surface area contributed by atoms with Crippen molar-refractivity contribution in [1.29, 1.82) is 0 Å². The van der Waals surface area contributed by atoms with Gasteiger partial charge in [-0.05, 0) is 36.6 Å². The third-order valence-electron chi connectivity index (χ3n) is 4.17. The Hall–Kier alpha value is -3.14. The van der Waals surface area contributed by atoms with E-state index >= 15 is 0 Å². The van der Waals surface area contributed by atoms with Gasteiger partial charge in [0.05, 0.1) is 11.6 Å². The Morgan fingerprint density at radius 2 is 1.65 bits per heavy atom. The molecule has 3 aromatic rings. The number of rotatable bonds is 7. The Bertz CT molecular complexity index is 817. The van der Waals surface area contributed by atoms with Crippen LogP contribution in [0.5, 0.6) is 0 Å². The van der Waals surface area contributed by atoms with Gasteiger partial charge in [0.1, 0.15) is 5.82 Å². The second kappa shape index (κ2) is 8.81. The summed E-state index contributed by atoms with van der Waals surface area (Å²) in [6, 6.07) is 24.5. The summed E-state index contributed by atoms with van der Waals surface area (Å²) in [7, 11) is 0. The van der Waals surface area contributed by atoms with Gasteiger partial charge in [-0.25, -0.2) is 4.98 Å². The van der Waals surface area contributed by atoms with Crippen LogP contribution in [-0.4, -0.2) is 17.4 Å². The summed E-state index contributed by atoms with van der Waals surface area (Å²) in [6.45, 7) is 2.50. The van der Waals surface area contributed by atoms with Crippen LogP contribution in [0.2, 0.25) is 0 Å². The minimum Gasteiger partial charge on any atom is -0.363 e. The van der Waals surface area contributed by atoms with E-state index in [0.29, 0.717) is 12.1 Å². The third kappa shape index (κ3) is 4.70. The van der Waals surface area contributed by atoms with Gasteiger partial charge in [-0.3, -0.25) is 4.79 Å². The molecular weight excluding hydrogens is 322 g/mol. The quantitative estimate of drug-likeness (QED) is 0.674. The first kappa shape index (κ1) is 17.7. The van der Waals surface area contributed by atoms with Crippen molar-refractivity contribution in [2.75, 3.05) is 11.9 Å². The number of benzene rings is 2. The van der Waals surface area contributed by atoms with Crippen molar-refractivity contribution in [2.45, 2.75) is 19.4 Å². The van der Waals surface area contributed by atoms with E-state index < -0.39 is 0 Å². The monoisotopic (exact) mass is 345 g/mol. The maximum atomic E-state index is 11.9. The number of carbonyl (C=O) groups excluding carboxylic acids is 1. The van der Waals surface area contributed by atoms with Crippen molar-refractivity contribution in [3.8, 4) is 0 Å². The average molecular weight is 345 g/mol. The molecule has 0 bridgehead atoms. The van der Waals surface area contributed by atoms with Gasteiger partial charge in [0, 0.05) is 12.7 Å². The fraction of sp³-hybridized carbons (Fsp3) is 0.182. The minimum absolute atomic E-state index is 0.0985. The molecule has 1 heterocycles. The molecule has 0 saturated carbocycles. The maximum Gasteiger partial charge on any atom is 0.252 e. The van der Waals surface area contributed by atoms with E-state index in [1.54, 1.807) is 12.3 Å². The smallest absolute Gasteiger partial charge is 0.252 e. The lowest BCUT2D eigenvalue weighted by Gasteiger charge is -2.20. The average Bonchev–Trinajstić information content (AvgIpc) is 2.70. The zero-order valence-corrected chi connectivity index (χ0v) is 14.9. The molecule has 1 amide bonds. The molecule has 1 aromatic heterocycles. The summed E-state index contributed by atoms with van der Waals surface area (Å²) < 4.78 is 0. The van der Waals surface area contributed by atoms with Crippen LogP contribution in [-0.2, 0) is 6.42 Å². The highest BCUT2D eigenvalue weighted by Crippen LogP contribution is 2.22. The van der Waals surface area contributed by atoms with Crippen LogP contribution >= 0.6 is 0 Å². The zero-order chi connectivity index (χ0) is 18.2. The predicted molar refractivity (Wildman–Crippen MR) is 105 cm³/mol. The van der Waals surface area contributed by atoms with Crippen LogP contribution in [0.15, 0.2) is 79.0 Å². The zero-order valence-electron chi connectivity index (χ0n) is 14.9. The molecule has 0 aliphatic heterocycles. The van der Waals surface area contributed by atoms with Crippen molar-refractivity contribution in [2.24, 2.45) is 0 Å². The summed E-state index contributed by atoms with van der Waals surface area (Å²) in [6.07, 6.45) is 2.46. The van der Waals surface area contributed by atoms with Gasteiger partial charge in [-0.15, -0.1) is 0 Å². The number of nitrogens with one attached hydrogen (secondary N) is 2.